The van der Waals surface area contributed by atoms with E-state index in [0.29, 0.717) is 12.0 Å². The molecule has 18 heavy (non-hydrogen) atoms. The molecule has 1 fully saturated rings. The summed E-state index contributed by atoms with van der Waals surface area (Å²) in [5, 5.41) is 0. The van der Waals surface area contributed by atoms with Crippen LogP contribution in [0.4, 0.5) is 0 Å². The smallest absolute Gasteiger partial charge is 0.163 e. The van der Waals surface area contributed by atoms with Crippen LogP contribution >= 0.6 is 0 Å². The normalized spacial score (nSPS) is 26.2. The summed E-state index contributed by atoms with van der Waals surface area (Å²) in [7, 11) is 0. The lowest BCUT2D eigenvalue weighted by Gasteiger charge is -2.19. The number of rotatable bonds is 1. The van der Waals surface area contributed by atoms with Crippen molar-refractivity contribution in [3.63, 3.8) is 0 Å². The van der Waals surface area contributed by atoms with E-state index in [2.05, 4.69) is 6.07 Å². The number of carbonyl (C=O) groups excluding carboxylic acids is 2. The molecule has 0 heterocycles. The molecule has 3 rings (SSSR count). The van der Waals surface area contributed by atoms with E-state index >= 15 is 0 Å². The second-order valence-corrected chi connectivity index (χ2v) is 5.01. The van der Waals surface area contributed by atoms with Gasteiger partial charge in [-0.1, -0.05) is 42.0 Å². The lowest BCUT2D eigenvalue weighted by atomic mass is 9.82. The van der Waals surface area contributed by atoms with Gasteiger partial charge in [0.05, 0.1) is 5.92 Å². The summed E-state index contributed by atoms with van der Waals surface area (Å²) < 4.78 is 0. The van der Waals surface area contributed by atoms with Crippen molar-refractivity contribution in [2.24, 2.45) is 5.92 Å². The van der Waals surface area contributed by atoms with Crippen LogP contribution in [0.15, 0.2) is 48.1 Å². The lowest BCUT2D eigenvalue weighted by Crippen LogP contribution is -2.19. The zero-order valence-corrected chi connectivity index (χ0v) is 10.2. The minimum Gasteiger partial charge on any atom is -0.295 e. The fourth-order valence-corrected chi connectivity index (χ4v) is 2.94. The minimum atomic E-state index is -0.260. The van der Waals surface area contributed by atoms with E-state index in [1.54, 1.807) is 18.2 Å². The average Bonchev–Trinajstić information content (AvgIpc) is 2.69. The van der Waals surface area contributed by atoms with E-state index in [9.17, 15) is 9.59 Å². The average molecular weight is 238 g/mol. The van der Waals surface area contributed by atoms with Crippen molar-refractivity contribution < 1.29 is 9.59 Å². The SMILES string of the molecule is Cc1cccc(C2CC(=O)C3=CC=CC(=O)C32)c1. The quantitative estimate of drug-likeness (QED) is 0.754. The first kappa shape index (κ1) is 11.1. The number of ketones is 2. The molecule has 1 aromatic rings. The van der Waals surface area contributed by atoms with Crippen molar-refractivity contribution in [3.05, 3.63) is 59.2 Å². The predicted octanol–water partition coefficient (Wildman–Crippen LogP) is 2.73. The summed E-state index contributed by atoms with van der Waals surface area (Å²) in [5.74, 6) is -0.0699. The molecule has 2 nitrogen and oxygen atoms in total. The molecule has 1 aromatic carbocycles. The first-order valence-electron chi connectivity index (χ1n) is 6.18. The topological polar surface area (TPSA) is 34.1 Å². The summed E-state index contributed by atoms with van der Waals surface area (Å²) in [6, 6.07) is 8.10. The van der Waals surface area contributed by atoms with Crippen LogP contribution in [0.2, 0.25) is 0 Å². The Hall–Kier alpha value is -1.96. The van der Waals surface area contributed by atoms with Crippen LogP contribution in [0.1, 0.15) is 23.5 Å². The Morgan fingerprint density at radius 1 is 1.22 bits per heavy atom. The van der Waals surface area contributed by atoms with Crippen LogP contribution in [-0.4, -0.2) is 11.6 Å². The number of aryl methyl sites for hydroxylation is 1. The molecule has 2 aliphatic carbocycles. The molecule has 1 saturated carbocycles. The van der Waals surface area contributed by atoms with Gasteiger partial charge >= 0.3 is 0 Å². The highest BCUT2D eigenvalue weighted by molar-refractivity contribution is 6.10. The van der Waals surface area contributed by atoms with E-state index in [-0.39, 0.29) is 23.4 Å². The number of allylic oxidation sites excluding steroid dienone is 4. The van der Waals surface area contributed by atoms with Gasteiger partial charge in [-0.3, -0.25) is 9.59 Å². The number of hydrogen-bond acceptors (Lipinski definition) is 2. The molecule has 0 saturated heterocycles. The third kappa shape index (κ3) is 1.65. The van der Waals surface area contributed by atoms with E-state index in [1.165, 1.54) is 0 Å². The maximum Gasteiger partial charge on any atom is 0.163 e. The summed E-state index contributed by atoms with van der Waals surface area (Å²) in [4.78, 5) is 24.0. The van der Waals surface area contributed by atoms with Gasteiger partial charge in [0.1, 0.15) is 0 Å². The van der Waals surface area contributed by atoms with Gasteiger partial charge in [0.2, 0.25) is 0 Å². The fourth-order valence-electron chi connectivity index (χ4n) is 2.94. The number of fused-ring (bicyclic) bond motifs is 1. The van der Waals surface area contributed by atoms with Crippen LogP contribution in [-0.2, 0) is 9.59 Å². The Balaban J connectivity index is 2.04. The highest BCUT2D eigenvalue weighted by atomic mass is 16.1. The van der Waals surface area contributed by atoms with E-state index in [1.807, 2.05) is 25.1 Å². The molecule has 0 amide bonds. The van der Waals surface area contributed by atoms with Crippen LogP contribution in [0, 0.1) is 12.8 Å². The molecule has 0 N–H and O–H groups in total. The molecule has 2 atom stereocenters. The van der Waals surface area contributed by atoms with Crippen molar-refractivity contribution in [1.82, 2.24) is 0 Å². The Morgan fingerprint density at radius 2 is 2.06 bits per heavy atom. The van der Waals surface area contributed by atoms with Crippen LogP contribution in [0.25, 0.3) is 0 Å². The fraction of sp³-hybridized carbons (Fsp3) is 0.250. The molecule has 0 spiro atoms. The van der Waals surface area contributed by atoms with Gasteiger partial charge in [-0.2, -0.15) is 0 Å². The zero-order chi connectivity index (χ0) is 12.7. The Bertz CT molecular complexity index is 591. The molecule has 0 aliphatic heterocycles. The summed E-state index contributed by atoms with van der Waals surface area (Å²) in [6.07, 6.45) is 5.51. The standard InChI is InChI=1S/C16H14O2/c1-10-4-2-5-11(8-10)13-9-15(18)12-6-3-7-14(17)16(12)13/h2-8,13,16H,9H2,1H3. The van der Waals surface area contributed by atoms with Crippen molar-refractivity contribution >= 4 is 11.6 Å². The largest absolute Gasteiger partial charge is 0.295 e. The predicted molar refractivity (Wildman–Crippen MR) is 69.3 cm³/mol. The number of benzene rings is 1. The first-order valence-corrected chi connectivity index (χ1v) is 6.18. The molecule has 2 aliphatic rings. The summed E-state index contributed by atoms with van der Waals surface area (Å²) >= 11 is 0. The summed E-state index contributed by atoms with van der Waals surface area (Å²) in [5.41, 5.74) is 2.95. The second-order valence-electron chi connectivity index (χ2n) is 5.01. The molecule has 2 unspecified atom stereocenters. The van der Waals surface area contributed by atoms with E-state index in [0.717, 1.165) is 11.1 Å². The molecular weight excluding hydrogens is 224 g/mol. The van der Waals surface area contributed by atoms with Gasteiger partial charge in [0.25, 0.3) is 0 Å². The van der Waals surface area contributed by atoms with E-state index < -0.39 is 0 Å². The van der Waals surface area contributed by atoms with E-state index in [4.69, 9.17) is 0 Å². The molecule has 0 aromatic heterocycles. The monoisotopic (exact) mass is 238 g/mol. The van der Waals surface area contributed by atoms with Gasteiger partial charge in [0, 0.05) is 17.9 Å². The van der Waals surface area contributed by atoms with Gasteiger partial charge in [-0.25, -0.2) is 0 Å². The maximum absolute atomic E-state index is 12.0. The van der Waals surface area contributed by atoms with Gasteiger partial charge in [0.15, 0.2) is 11.6 Å². The van der Waals surface area contributed by atoms with Crippen LogP contribution in [0.5, 0.6) is 0 Å². The van der Waals surface area contributed by atoms with Gasteiger partial charge in [-0.15, -0.1) is 0 Å². The number of carbonyl (C=O) groups is 2. The van der Waals surface area contributed by atoms with Crippen molar-refractivity contribution in [3.8, 4) is 0 Å². The molecule has 2 heteroatoms. The minimum absolute atomic E-state index is 0.0149. The Morgan fingerprint density at radius 3 is 2.83 bits per heavy atom. The van der Waals surface area contributed by atoms with Crippen molar-refractivity contribution in [2.75, 3.05) is 0 Å². The second kappa shape index (κ2) is 4.05. The molecule has 0 radical (unpaired) electrons. The Labute approximate surface area is 106 Å². The highest BCUT2D eigenvalue weighted by Gasteiger charge is 2.42. The van der Waals surface area contributed by atoms with Gasteiger partial charge in [-0.05, 0) is 18.6 Å². The molecule has 90 valence electrons. The molecular formula is C16H14O2. The molecule has 0 bridgehead atoms. The number of Topliss-reactive ketones (excluding diaryl/α,β-unsaturated/α-hetero) is 1. The van der Waals surface area contributed by atoms with Crippen LogP contribution in [0.3, 0.4) is 0 Å². The number of hydrogen-bond donors (Lipinski definition) is 0. The third-order valence-corrected chi connectivity index (χ3v) is 3.78. The van der Waals surface area contributed by atoms with Gasteiger partial charge < -0.3 is 0 Å². The summed E-state index contributed by atoms with van der Waals surface area (Å²) in [6.45, 7) is 2.03. The first-order chi connectivity index (χ1) is 8.66. The van der Waals surface area contributed by atoms with Crippen LogP contribution < -0.4 is 0 Å². The lowest BCUT2D eigenvalue weighted by molar-refractivity contribution is -0.118. The van der Waals surface area contributed by atoms with Crippen molar-refractivity contribution in [2.45, 2.75) is 19.3 Å². The zero-order valence-electron chi connectivity index (χ0n) is 10.2. The third-order valence-electron chi connectivity index (χ3n) is 3.78. The van der Waals surface area contributed by atoms with Crippen molar-refractivity contribution in [1.29, 1.82) is 0 Å². The Kier molecular flexibility index (Phi) is 2.51. The maximum atomic E-state index is 12.0. The highest BCUT2D eigenvalue weighted by Crippen LogP contribution is 2.43.